The number of carbonyl (C=O) groups is 2. The molecule has 2 unspecified atom stereocenters. The van der Waals surface area contributed by atoms with Crippen molar-refractivity contribution in [1.29, 1.82) is 0 Å². The lowest BCUT2D eigenvalue weighted by atomic mass is 9.86. The molecule has 0 radical (unpaired) electrons. The van der Waals surface area contributed by atoms with Gasteiger partial charge in [0, 0.05) is 6.04 Å². The summed E-state index contributed by atoms with van der Waals surface area (Å²) in [5.74, 6) is 0.267. The number of hydrogen-bond donors (Lipinski definition) is 1. The SMILES string of the molecule is CCOC(=O)c1sc2ncnc(OCC(=O)NC3CCCCC3C)c2c1C. The summed E-state index contributed by atoms with van der Waals surface area (Å²) in [6.07, 6.45) is 5.90. The molecule has 0 spiro atoms. The van der Waals surface area contributed by atoms with E-state index in [1.165, 1.54) is 24.1 Å². The second-order valence-corrected chi connectivity index (χ2v) is 7.86. The van der Waals surface area contributed by atoms with E-state index in [0.29, 0.717) is 39.1 Å². The number of nitrogens with one attached hydrogen (secondary N) is 1. The van der Waals surface area contributed by atoms with Crippen LogP contribution >= 0.6 is 11.3 Å². The molecule has 1 aliphatic rings. The second kappa shape index (κ2) is 8.65. The third kappa shape index (κ3) is 4.37. The Kier molecular flexibility index (Phi) is 6.26. The maximum absolute atomic E-state index is 12.3. The van der Waals surface area contributed by atoms with Crippen LogP contribution in [0.15, 0.2) is 6.33 Å². The molecule has 3 rings (SSSR count). The van der Waals surface area contributed by atoms with Crippen LogP contribution in [0.1, 0.15) is 54.8 Å². The molecule has 2 aromatic rings. The average molecular weight is 391 g/mol. The van der Waals surface area contributed by atoms with Crippen LogP contribution in [0.5, 0.6) is 5.88 Å². The van der Waals surface area contributed by atoms with Crippen molar-refractivity contribution in [2.45, 2.75) is 52.5 Å². The fourth-order valence-corrected chi connectivity index (χ4v) is 4.49. The number of hydrogen-bond acceptors (Lipinski definition) is 7. The standard InChI is InChI=1S/C19H25N3O4S/c1-4-25-19(24)16-12(3)15-17(20-10-21-18(15)27-16)26-9-14(23)22-13-8-6-5-7-11(13)2/h10-11,13H,4-9H2,1-3H3,(H,22,23). The fraction of sp³-hybridized carbons (Fsp3) is 0.579. The van der Waals surface area contributed by atoms with Gasteiger partial charge < -0.3 is 14.8 Å². The van der Waals surface area contributed by atoms with E-state index in [2.05, 4.69) is 22.2 Å². The van der Waals surface area contributed by atoms with E-state index in [4.69, 9.17) is 9.47 Å². The van der Waals surface area contributed by atoms with Gasteiger partial charge in [0.2, 0.25) is 5.88 Å². The Morgan fingerprint density at radius 2 is 2.07 bits per heavy atom. The van der Waals surface area contributed by atoms with Gasteiger partial charge in [-0.25, -0.2) is 14.8 Å². The van der Waals surface area contributed by atoms with E-state index >= 15 is 0 Å². The largest absolute Gasteiger partial charge is 0.467 e. The molecule has 2 aromatic heterocycles. The van der Waals surface area contributed by atoms with E-state index < -0.39 is 0 Å². The van der Waals surface area contributed by atoms with Crippen LogP contribution in [-0.4, -0.2) is 41.1 Å². The first-order valence-corrected chi connectivity index (χ1v) is 10.2. The Morgan fingerprint density at radius 1 is 1.30 bits per heavy atom. The molecule has 1 saturated carbocycles. The number of rotatable bonds is 6. The number of ether oxygens (including phenoxy) is 2. The van der Waals surface area contributed by atoms with Crippen molar-refractivity contribution < 1.29 is 19.1 Å². The zero-order chi connectivity index (χ0) is 19.4. The molecule has 8 heteroatoms. The van der Waals surface area contributed by atoms with Crippen molar-refractivity contribution in [1.82, 2.24) is 15.3 Å². The molecule has 1 amide bonds. The van der Waals surface area contributed by atoms with E-state index in [-0.39, 0.29) is 24.5 Å². The predicted molar refractivity (Wildman–Crippen MR) is 103 cm³/mol. The summed E-state index contributed by atoms with van der Waals surface area (Å²) in [5, 5.41) is 3.72. The maximum Gasteiger partial charge on any atom is 0.348 e. The first kappa shape index (κ1) is 19.5. The molecule has 0 bridgehead atoms. The van der Waals surface area contributed by atoms with Gasteiger partial charge in [0.05, 0.1) is 12.0 Å². The number of thiophene rings is 1. The van der Waals surface area contributed by atoms with Crippen molar-refractivity contribution in [3.8, 4) is 5.88 Å². The van der Waals surface area contributed by atoms with Gasteiger partial charge in [-0.1, -0.05) is 19.8 Å². The summed E-state index contributed by atoms with van der Waals surface area (Å²) in [5.41, 5.74) is 0.713. The third-order valence-electron chi connectivity index (χ3n) is 4.95. The highest BCUT2D eigenvalue weighted by Gasteiger charge is 2.24. The first-order chi connectivity index (χ1) is 13.0. The Morgan fingerprint density at radius 3 is 2.81 bits per heavy atom. The molecule has 0 aromatic carbocycles. The monoisotopic (exact) mass is 391 g/mol. The molecular weight excluding hydrogens is 366 g/mol. The van der Waals surface area contributed by atoms with Crippen LogP contribution < -0.4 is 10.1 Å². The van der Waals surface area contributed by atoms with Crippen LogP contribution in [0.25, 0.3) is 10.2 Å². The van der Waals surface area contributed by atoms with E-state index in [1.54, 1.807) is 6.92 Å². The summed E-state index contributed by atoms with van der Waals surface area (Å²) in [6.45, 7) is 5.94. The van der Waals surface area contributed by atoms with Crippen molar-refractivity contribution in [2.75, 3.05) is 13.2 Å². The summed E-state index contributed by atoms with van der Waals surface area (Å²) >= 11 is 1.24. The van der Waals surface area contributed by atoms with Gasteiger partial charge in [-0.15, -0.1) is 11.3 Å². The Bertz CT molecular complexity index is 836. The molecule has 1 aliphatic carbocycles. The summed E-state index contributed by atoms with van der Waals surface area (Å²) in [7, 11) is 0. The van der Waals surface area contributed by atoms with E-state index in [9.17, 15) is 9.59 Å². The van der Waals surface area contributed by atoms with Crippen LogP contribution in [0, 0.1) is 12.8 Å². The smallest absolute Gasteiger partial charge is 0.348 e. The second-order valence-electron chi connectivity index (χ2n) is 6.86. The van der Waals surface area contributed by atoms with Crippen molar-refractivity contribution in [3.63, 3.8) is 0 Å². The fourth-order valence-electron chi connectivity index (χ4n) is 3.45. The Balaban J connectivity index is 1.71. The average Bonchev–Trinajstić information content (AvgIpc) is 3.00. The first-order valence-electron chi connectivity index (χ1n) is 9.34. The van der Waals surface area contributed by atoms with Crippen LogP contribution in [-0.2, 0) is 9.53 Å². The molecule has 146 valence electrons. The predicted octanol–water partition coefficient (Wildman–Crippen LogP) is 3.25. The Labute approximate surface area is 162 Å². The maximum atomic E-state index is 12.3. The molecule has 0 saturated heterocycles. The zero-order valence-electron chi connectivity index (χ0n) is 15.9. The van der Waals surface area contributed by atoms with E-state index in [0.717, 1.165) is 19.3 Å². The van der Waals surface area contributed by atoms with Crippen molar-refractivity contribution in [3.05, 3.63) is 16.8 Å². The van der Waals surface area contributed by atoms with E-state index in [1.807, 2.05) is 6.92 Å². The lowest BCUT2D eigenvalue weighted by Crippen LogP contribution is -2.43. The van der Waals surface area contributed by atoms with Gasteiger partial charge in [0.15, 0.2) is 6.61 Å². The summed E-state index contributed by atoms with van der Waals surface area (Å²) in [6, 6.07) is 0.207. The summed E-state index contributed by atoms with van der Waals surface area (Å²) < 4.78 is 10.8. The number of nitrogens with zero attached hydrogens (tertiary/aromatic N) is 2. The van der Waals surface area contributed by atoms with Gasteiger partial charge >= 0.3 is 5.97 Å². The molecule has 7 nitrogen and oxygen atoms in total. The molecule has 2 heterocycles. The van der Waals surface area contributed by atoms with Gasteiger partial charge in [-0.3, -0.25) is 4.79 Å². The Hall–Kier alpha value is -2.22. The van der Waals surface area contributed by atoms with Crippen LogP contribution in [0.3, 0.4) is 0 Å². The number of aromatic nitrogens is 2. The molecule has 2 atom stereocenters. The quantitative estimate of drug-likeness (QED) is 0.760. The number of amides is 1. The highest BCUT2D eigenvalue weighted by Crippen LogP contribution is 2.34. The molecule has 1 N–H and O–H groups in total. The highest BCUT2D eigenvalue weighted by atomic mass is 32.1. The summed E-state index contributed by atoms with van der Waals surface area (Å²) in [4.78, 5) is 33.9. The van der Waals surface area contributed by atoms with Crippen molar-refractivity contribution in [2.24, 2.45) is 5.92 Å². The molecule has 0 aliphatic heterocycles. The number of carbonyl (C=O) groups excluding carboxylic acids is 2. The van der Waals surface area contributed by atoms with Gasteiger partial charge in [0.25, 0.3) is 5.91 Å². The normalized spacial score (nSPS) is 19.7. The highest BCUT2D eigenvalue weighted by molar-refractivity contribution is 7.20. The zero-order valence-corrected chi connectivity index (χ0v) is 16.7. The molecule has 1 fully saturated rings. The lowest BCUT2D eigenvalue weighted by Gasteiger charge is -2.29. The topological polar surface area (TPSA) is 90.4 Å². The van der Waals surface area contributed by atoms with Gasteiger partial charge in [-0.05, 0) is 38.2 Å². The number of fused-ring (bicyclic) bond motifs is 1. The van der Waals surface area contributed by atoms with Crippen molar-refractivity contribution >= 4 is 33.4 Å². The lowest BCUT2D eigenvalue weighted by molar-refractivity contribution is -0.124. The number of aryl methyl sites for hydroxylation is 1. The third-order valence-corrected chi connectivity index (χ3v) is 6.13. The van der Waals surface area contributed by atoms with Crippen LogP contribution in [0.4, 0.5) is 0 Å². The minimum Gasteiger partial charge on any atom is -0.467 e. The molecule has 27 heavy (non-hydrogen) atoms. The minimum atomic E-state index is -0.382. The minimum absolute atomic E-state index is 0.112. The molecular formula is C19H25N3O4S. The van der Waals surface area contributed by atoms with Crippen LogP contribution in [0.2, 0.25) is 0 Å². The van der Waals surface area contributed by atoms with Gasteiger partial charge in [-0.2, -0.15) is 0 Å². The number of esters is 1. The van der Waals surface area contributed by atoms with Gasteiger partial charge in [0.1, 0.15) is 16.0 Å².